The van der Waals surface area contributed by atoms with Crippen molar-refractivity contribution in [3.05, 3.63) is 47.5 Å². The lowest BCUT2D eigenvalue weighted by Crippen LogP contribution is -2.09. The predicted molar refractivity (Wildman–Crippen MR) is 83.3 cm³/mol. The molecule has 10 N–H and O–H groups in total. The molecule has 6 nitrogen and oxygen atoms in total. The van der Waals surface area contributed by atoms with Gasteiger partial charge in [-0.3, -0.25) is 11.7 Å². The maximum atomic E-state index is 5.81. The molecule has 0 unspecified atom stereocenters. The van der Waals surface area contributed by atoms with E-state index in [1.807, 2.05) is 12.1 Å². The third-order valence-electron chi connectivity index (χ3n) is 2.77. The van der Waals surface area contributed by atoms with Crippen molar-refractivity contribution in [2.75, 3.05) is 22.3 Å². The van der Waals surface area contributed by atoms with Crippen LogP contribution in [0.25, 0.3) is 0 Å². The molecule has 2 rings (SSSR count). The van der Waals surface area contributed by atoms with Crippen LogP contribution in [0.4, 0.5) is 22.7 Å². The number of nitrogens with two attached hydrogens (primary N) is 4. The van der Waals surface area contributed by atoms with Gasteiger partial charge in [-0.25, -0.2) is 0 Å². The molecule has 20 heavy (non-hydrogen) atoms. The SMILES string of the molecule is NNc1ccc(C#Cc2ccc(NN)c(N)c2)cc1N. The van der Waals surface area contributed by atoms with Gasteiger partial charge < -0.3 is 22.3 Å². The molecule has 0 aliphatic carbocycles. The summed E-state index contributed by atoms with van der Waals surface area (Å²) in [5.74, 6) is 16.7. The Kier molecular flexibility index (Phi) is 3.96. The molecule has 2 aromatic rings. The lowest BCUT2D eigenvalue weighted by atomic mass is 10.1. The van der Waals surface area contributed by atoms with Gasteiger partial charge in [-0.1, -0.05) is 11.8 Å². The summed E-state index contributed by atoms with van der Waals surface area (Å²) in [4.78, 5) is 0. The fraction of sp³-hybridized carbons (Fsp3) is 0. The van der Waals surface area contributed by atoms with Gasteiger partial charge >= 0.3 is 0 Å². The Labute approximate surface area is 117 Å². The van der Waals surface area contributed by atoms with E-state index in [2.05, 4.69) is 22.7 Å². The summed E-state index contributed by atoms with van der Waals surface area (Å²) >= 11 is 0. The van der Waals surface area contributed by atoms with E-state index < -0.39 is 0 Å². The van der Waals surface area contributed by atoms with Crippen LogP contribution in [0.15, 0.2) is 36.4 Å². The molecule has 0 heterocycles. The molecule has 6 heteroatoms. The number of hydrogen-bond acceptors (Lipinski definition) is 6. The number of benzene rings is 2. The van der Waals surface area contributed by atoms with Gasteiger partial charge in [0.05, 0.1) is 22.7 Å². The summed E-state index contributed by atoms with van der Waals surface area (Å²) in [6.45, 7) is 0. The highest BCUT2D eigenvalue weighted by molar-refractivity contribution is 5.69. The minimum absolute atomic E-state index is 0.543. The Morgan fingerprint density at radius 1 is 0.700 bits per heavy atom. The van der Waals surface area contributed by atoms with Crippen LogP contribution in [-0.4, -0.2) is 0 Å². The third kappa shape index (κ3) is 2.92. The van der Waals surface area contributed by atoms with Crippen LogP contribution >= 0.6 is 0 Å². The van der Waals surface area contributed by atoms with Gasteiger partial charge in [0.15, 0.2) is 0 Å². The Hall–Kier alpha value is -2.88. The number of rotatable bonds is 2. The summed E-state index contributed by atoms with van der Waals surface area (Å²) < 4.78 is 0. The van der Waals surface area contributed by atoms with E-state index in [1.165, 1.54) is 0 Å². The number of nitrogen functional groups attached to an aromatic ring is 4. The fourth-order valence-electron chi connectivity index (χ4n) is 1.69. The van der Waals surface area contributed by atoms with E-state index in [-0.39, 0.29) is 0 Å². The second-order valence-corrected chi connectivity index (χ2v) is 4.14. The maximum Gasteiger partial charge on any atom is 0.0716 e. The number of anilines is 4. The largest absolute Gasteiger partial charge is 0.397 e. The highest BCUT2D eigenvalue weighted by Crippen LogP contribution is 2.19. The second kappa shape index (κ2) is 5.84. The van der Waals surface area contributed by atoms with Gasteiger partial charge in [0.1, 0.15) is 0 Å². The molecule has 2 aromatic carbocycles. The second-order valence-electron chi connectivity index (χ2n) is 4.14. The van der Waals surface area contributed by atoms with Gasteiger partial charge in [-0.05, 0) is 36.4 Å². The highest BCUT2D eigenvalue weighted by Gasteiger charge is 1.98. The average Bonchev–Trinajstić information content (AvgIpc) is 2.45. The first kappa shape index (κ1) is 13.5. The maximum absolute atomic E-state index is 5.81. The van der Waals surface area contributed by atoms with Crippen molar-refractivity contribution in [2.45, 2.75) is 0 Å². The van der Waals surface area contributed by atoms with Crippen LogP contribution < -0.4 is 34.0 Å². The summed E-state index contributed by atoms with van der Waals surface area (Å²) in [5.41, 5.74) is 20.6. The molecule has 0 fully saturated rings. The first-order chi connectivity index (χ1) is 9.63. The van der Waals surface area contributed by atoms with E-state index >= 15 is 0 Å². The van der Waals surface area contributed by atoms with Crippen molar-refractivity contribution in [3.8, 4) is 11.8 Å². The highest BCUT2D eigenvalue weighted by atomic mass is 15.2. The zero-order valence-corrected chi connectivity index (χ0v) is 10.8. The van der Waals surface area contributed by atoms with Gasteiger partial charge in [-0.2, -0.15) is 0 Å². The Morgan fingerprint density at radius 3 is 1.40 bits per heavy atom. The molecule has 0 amide bonds. The molecular formula is C14H16N6. The molecule has 0 saturated carbocycles. The van der Waals surface area contributed by atoms with E-state index in [0.29, 0.717) is 22.7 Å². The zero-order valence-electron chi connectivity index (χ0n) is 10.8. The Balaban J connectivity index is 2.26. The first-order valence-electron chi connectivity index (χ1n) is 5.88. The molecule has 0 aliphatic heterocycles. The Bertz CT molecular complexity index is 626. The number of nitrogens with one attached hydrogen (secondary N) is 2. The van der Waals surface area contributed by atoms with Gasteiger partial charge in [0.25, 0.3) is 0 Å². The minimum atomic E-state index is 0.543. The third-order valence-corrected chi connectivity index (χ3v) is 2.77. The summed E-state index contributed by atoms with van der Waals surface area (Å²) in [7, 11) is 0. The lowest BCUT2D eigenvalue weighted by Gasteiger charge is -2.04. The monoisotopic (exact) mass is 268 g/mol. The summed E-state index contributed by atoms with van der Waals surface area (Å²) in [5, 5.41) is 0. The van der Waals surface area contributed by atoms with Crippen molar-refractivity contribution in [2.24, 2.45) is 11.7 Å². The quantitative estimate of drug-likeness (QED) is 0.207. The molecule has 0 saturated heterocycles. The average molecular weight is 268 g/mol. The summed E-state index contributed by atoms with van der Waals surface area (Å²) in [6, 6.07) is 10.7. The van der Waals surface area contributed by atoms with Crippen LogP contribution in [0.3, 0.4) is 0 Å². The number of hydrazine groups is 2. The van der Waals surface area contributed by atoms with Gasteiger partial charge in [-0.15, -0.1) is 0 Å². The molecule has 0 spiro atoms. The Morgan fingerprint density at radius 2 is 1.10 bits per heavy atom. The van der Waals surface area contributed by atoms with E-state index in [9.17, 15) is 0 Å². The predicted octanol–water partition coefficient (Wildman–Crippen LogP) is 0.822. The van der Waals surface area contributed by atoms with Crippen molar-refractivity contribution in [3.63, 3.8) is 0 Å². The minimum Gasteiger partial charge on any atom is -0.397 e. The van der Waals surface area contributed by atoms with Crippen molar-refractivity contribution >= 4 is 22.7 Å². The smallest absolute Gasteiger partial charge is 0.0716 e. The lowest BCUT2D eigenvalue weighted by molar-refractivity contribution is 1.35. The topological polar surface area (TPSA) is 128 Å². The normalized spacial score (nSPS) is 9.50. The molecule has 0 aliphatic rings. The van der Waals surface area contributed by atoms with E-state index in [0.717, 1.165) is 11.1 Å². The van der Waals surface area contributed by atoms with Gasteiger partial charge in [0.2, 0.25) is 0 Å². The van der Waals surface area contributed by atoms with Crippen LogP contribution in [0.1, 0.15) is 11.1 Å². The molecule has 0 radical (unpaired) electrons. The summed E-state index contributed by atoms with van der Waals surface area (Å²) in [6.07, 6.45) is 0. The van der Waals surface area contributed by atoms with Gasteiger partial charge in [0, 0.05) is 11.1 Å². The standard InChI is InChI=1S/C14H16N6/c15-11-7-9(3-5-13(11)19-17)1-2-10-4-6-14(20-18)12(16)8-10/h3-8,19-20H,15-18H2. The van der Waals surface area contributed by atoms with Crippen molar-refractivity contribution in [1.29, 1.82) is 0 Å². The fourth-order valence-corrected chi connectivity index (χ4v) is 1.69. The molecule has 0 atom stereocenters. The van der Waals surface area contributed by atoms with Crippen molar-refractivity contribution in [1.82, 2.24) is 0 Å². The van der Waals surface area contributed by atoms with E-state index in [4.69, 9.17) is 23.2 Å². The first-order valence-corrected chi connectivity index (χ1v) is 5.88. The van der Waals surface area contributed by atoms with Crippen molar-refractivity contribution < 1.29 is 0 Å². The molecule has 0 aromatic heterocycles. The molecule has 0 bridgehead atoms. The van der Waals surface area contributed by atoms with Crippen LogP contribution in [0.5, 0.6) is 0 Å². The van der Waals surface area contributed by atoms with Crippen LogP contribution in [0.2, 0.25) is 0 Å². The zero-order chi connectivity index (χ0) is 14.5. The van der Waals surface area contributed by atoms with Crippen LogP contribution in [0, 0.1) is 11.8 Å². The van der Waals surface area contributed by atoms with Crippen LogP contribution in [-0.2, 0) is 0 Å². The number of hydrogen-bond donors (Lipinski definition) is 6. The molecular weight excluding hydrogens is 252 g/mol. The van der Waals surface area contributed by atoms with E-state index in [1.54, 1.807) is 24.3 Å². The molecule has 102 valence electrons.